The summed E-state index contributed by atoms with van der Waals surface area (Å²) in [6.45, 7) is 7.16. The highest BCUT2D eigenvalue weighted by molar-refractivity contribution is 7.92. The molecule has 1 N–H and O–H groups in total. The van der Waals surface area contributed by atoms with E-state index in [4.69, 9.17) is 0 Å². The van der Waals surface area contributed by atoms with Gasteiger partial charge in [-0.2, -0.15) is 0 Å². The smallest absolute Gasteiger partial charge is 0.229 e. The molecular weight excluding hydrogens is 358 g/mol. The average Bonchev–Trinajstić information content (AvgIpc) is 3.05. The van der Waals surface area contributed by atoms with Crippen LogP contribution in [-0.2, 0) is 22.0 Å². The molecule has 3 aromatic rings. The molecule has 0 fully saturated rings. The molecular formula is C21H25N3O2S. The van der Waals surface area contributed by atoms with Gasteiger partial charge in [-0.05, 0) is 45.9 Å². The number of rotatable bonds is 5. The van der Waals surface area contributed by atoms with Crippen LogP contribution in [0, 0.1) is 0 Å². The predicted molar refractivity (Wildman–Crippen MR) is 110 cm³/mol. The summed E-state index contributed by atoms with van der Waals surface area (Å²) in [5.74, 6) is 0. The highest BCUT2D eigenvalue weighted by Crippen LogP contribution is 2.29. The summed E-state index contributed by atoms with van der Waals surface area (Å²) in [7, 11) is -3.35. The number of hydrogen-bond donors (Lipinski definition) is 1. The molecule has 3 rings (SSSR count). The van der Waals surface area contributed by atoms with Crippen LogP contribution in [0.25, 0.3) is 11.1 Å². The second kappa shape index (κ2) is 7.19. The second-order valence-electron chi connectivity index (χ2n) is 7.86. The van der Waals surface area contributed by atoms with Crippen molar-refractivity contribution in [2.24, 2.45) is 0 Å². The van der Waals surface area contributed by atoms with Gasteiger partial charge in [-0.15, -0.1) is 0 Å². The van der Waals surface area contributed by atoms with E-state index in [2.05, 4.69) is 60.8 Å². The van der Waals surface area contributed by atoms with Crippen LogP contribution in [0.1, 0.15) is 31.9 Å². The maximum atomic E-state index is 11.7. The largest absolute Gasteiger partial charge is 0.333 e. The lowest BCUT2D eigenvalue weighted by molar-refractivity contribution is 0.590. The van der Waals surface area contributed by atoms with E-state index < -0.39 is 10.0 Å². The number of hydrogen-bond acceptors (Lipinski definition) is 3. The minimum absolute atomic E-state index is 0.0881. The van der Waals surface area contributed by atoms with E-state index in [1.54, 1.807) is 12.5 Å². The molecule has 0 bridgehead atoms. The molecule has 0 radical (unpaired) electrons. The topological polar surface area (TPSA) is 64.0 Å². The molecule has 1 heterocycles. The lowest BCUT2D eigenvalue weighted by atomic mass is 9.86. The number of anilines is 1. The molecule has 2 aromatic carbocycles. The van der Waals surface area contributed by atoms with E-state index in [9.17, 15) is 8.42 Å². The summed E-state index contributed by atoms with van der Waals surface area (Å²) in [6, 6.07) is 14.2. The fraction of sp³-hybridized carbons (Fsp3) is 0.286. The molecule has 27 heavy (non-hydrogen) atoms. The molecule has 0 aliphatic heterocycles. The van der Waals surface area contributed by atoms with Gasteiger partial charge in [-0.1, -0.05) is 45.0 Å². The number of imidazole rings is 1. The van der Waals surface area contributed by atoms with Gasteiger partial charge in [0, 0.05) is 24.6 Å². The first-order valence-corrected chi connectivity index (χ1v) is 10.7. The van der Waals surface area contributed by atoms with Gasteiger partial charge < -0.3 is 4.57 Å². The summed E-state index contributed by atoms with van der Waals surface area (Å²) < 4.78 is 28.0. The average molecular weight is 384 g/mol. The predicted octanol–water partition coefficient (Wildman–Crippen LogP) is 4.27. The van der Waals surface area contributed by atoms with Crippen molar-refractivity contribution in [1.82, 2.24) is 9.55 Å². The summed E-state index contributed by atoms with van der Waals surface area (Å²) in [5, 5.41) is 0. The van der Waals surface area contributed by atoms with Gasteiger partial charge in [0.1, 0.15) is 0 Å². The van der Waals surface area contributed by atoms with Gasteiger partial charge >= 0.3 is 0 Å². The van der Waals surface area contributed by atoms with E-state index >= 15 is 0 Å². The zero-order valence-electron chi connectivity index (χ0n) is 16.1. The van der Waals surface area contributed by atoms with Crippen LogP contribution in [0.15, 0.2) is 61.2 Å². The van der Waals surface area contributed by atoms with E-state index in [0.717, 1.165) is 22.9 Å². The third-order valence-corrected chi connectivity index (χ3v) is 4.91. The maximum Gasteiger partial charge on any atom is 0.229 e. The molecule has 0 unspecified atom stereocenters. The van der Waals surface area contributed by atoms with Crippen molar-refractivity contribution >= 4 is 15.7 Å². The summed E-state index contributed by atoms with van der Waals surface area (Å²) in [4.78, 5) is 4.06. The van der Waals surface area contributed by atoms with Crippen LogP contribution >= 0.6 is 0 Å². The number of nitrogens with one attached hydrogen (secondary N) is 1. The minimum Gasteiger partial charge on any atom is -0.333 e. The molecule has 0 saturated carbocycles. The fourth-order valence-corrected chi connectivity index (χ4v) is 3.52. The van der Waals surface area contributed by atoms with Crippen molar-refractivity contribution < 1.29 is 8.42 Å². The number of aromatic nitrogens is 2. The van der Waals surface area contributed by atoms with Crippen molar-refractivity contribution in [3.63, 3.8) is 0 Å². The van der Waals surface area contributed by atoms with Crippen LogP contribution in [0.3, 0.4) is 0 Å². The van der Waals surface area contributed by atoms with Gasteiger partial charge in [-0.25, -0.2) is 13.4 Å². The van der Waals surface area contributed by atoms with Gasteiger partial charge in [0.2, 0.25) is 10.0 Å². The van der Waals surface area contributed by atoms with Gasteiger partial charge in [0.15, 0.2) is 0 Å². The fourth-order valence-electron chi connectivity index (χ4n) is 2.98. The highest BCUT2D eigenvalue weighted by atomic mass is 32.2. The van der Waals surface area contributed by atoms with E-state index in [0.29, 0.717) is 12.2 Å². The molecule has 6 heteroatoms. The van der Waals surface area contributed by atoms with Crippen molar-refractivity contribution in [3.8, 4) is 11.1 Å². The highest BCUT2D eigenvalue weighted by Gasteiger charge is 2.14. The Balaban J connectivity index is 2.01. The quantitative estimate of drug-likeness (QED) is 0.716. The number of nitrogens with zero attached hydrogens (tertiary/aromatic N) is 2. The second-order valence-corrected chi connectivity index (χ2v) is 9.60. The molecule has 0 aliphatic rings. The number of sulfonamides is 1. The Morgan fingerprint density at radius 1 is 1.04 bits per heavy atom. The molecule has 1 aromatic heterocycles. The Morgan fingerprint density at radius 2 is 1.74 bits per heavy atom. The molecule has 0 spiro atoms. The Kier molecular flexibility index (Phi) is 5.11. The lowest BCUT2D eigenvalue weighted by Crippen LogP contribution is -2.11. The molecule has 0 amide bonds. The Bertz CT molecular complexity index is 1020. The molecule has 0 saturated heterocycles. The molecule has 5 nitrogen and oxygen atoms in total. The SMILES string of the molecule is CC(C)(C)c1ccc(-c2cc(Cn3ccnc3)cc(NS(C)(=O)=O)c2)cc1. The van der Waals surface area contributed by atoms with Crippen LogP contribution in [0.5, 0.6) is 0 Å². The van der Waals surface area contributed by atoms with Crippen molar-refractivity contribution in [1.29, 1.82) is 0 Å². The minimum atomic E-state index is -3.35. The summed E-state index contributed by atoms with van der Waals surface area (Å²) in [5.41, 5.74) is 4.92. The van der Waals surface area contributed by atoms with Crippen LogP contribution in [-0.4, -0.2) is 24.2 Å². The summed E-state index contributed by atoms with van der Waals surface area (Å²) in [6.07, 6.45) is 6.51. The molecule has 0 atom stereocenters. The van der Waals surface area contributed by atoms with Gasteiger partial charge in [0.25, 0.3) is 0 Å². The lowest BCUT2D eigenvalue weighted by Gasteiger charge is -2.19. The Morgan fingerprint density at radius 3 is 2.30 bits per heavy atom. The van der Waals surface area contributed by atoms with Gasteiger partial charge in [0.05, 0.1) is 12.6 Å². The third-order valence-electron chi connectivity index (χ3n) is 4.30. The van der Waals surface area contributed by atoms with Crippen molar-refractivity contribution in [2.75, 3.05) is 11.0 Å². The van der Waals surface area contributed by atoms with Crippen LogP contribution in [0.4, 0.5) is 5.69 Å². The van der Waals surface area contributed by atoms with E-state index in [1.807, 2.05) is 22.9 Å². The molecule has 142 valence electrons. The normalized spacial score (nSPS) is 12.1. The van der Waals surface area contributed by atoms with Crippen molar-refractivity contribution in [2.45, 2.75) is 32.7 Å². The Hall–Kier alpha value is -2.60. The Labute approximate surface area is 161 Å². The van der Waals surface area contributed by atoms with E-state index in [-0.39, 0.29) is 5.41 Å². The first-order valence-electron chi connectivity index (χ1n) is 8.79. The zero-order valence-corrected chi connectivity index (χ0v) is 16.9. The van der Waals surface area contributed by atoms with Crippen LogP contribution < -0.4 is 4.72 Å². The third kappa shape index (κ3) is 5.20. The van der Waals surface area contributed by atoms with Crippen LogP contribution in [0.2, 0.25) is 0 Å². The first-order chi connectivity index (χ1) is 12.6. The van der Waals surface area contributed by atoms with E-state index in [1.165, 1.54) is 5.56 Å². The number of benzene rings is 2. The van der Waals surface area contributed by atoms with Crippen molar-refractivity contribution in [3.05, 3.63) is 72.3 Å². The standard InChI is InChI=1S/C21H25N3O2S/c1-21(2,3)19-7-5-17(6-8-19)18-11-16(14-24-10-9-22-15-24)12-20(13-18)23-27(4,25)26/h5-13,15,23H,14H2,1-4H3. The summed E-state index contributed by atoms with van der Waals surface area (Å²) >= 11 is 0. The monoisotopic (exact) mass is 383 g/mol. The maximum absolute atomic E-state index is 11.7. The zero-order chi connectivity index (χ0) is 19.7. The molecule has 0 aliphatic carbocycles. The van der Waals surface area contributed by atoms with Gasteiger partial charge in [-0.3, -0.25) is 4.72 Å². The first kappa shape index (κ1) is 19.2.